The number of rotatable bonds is 2. The van der Waals surface area contributed by atoms with Crippen molar-refractivity contribution in [2.24, 2.45) is 0 Å². The number of fused-ring (bicyclic) bond motifs is 1. The van der Waals surface area contributed by atoms with Crippen molar-refractivity contribution in [3.05, 3.63) is 23.2 Å². The lowest BCUT2D eigenvalue weighted by Crippen LogP contribution is -2.40. The molecule has 2 aromatic rings. The van der Waals surface area contributed by atoms with E-state index in [1.165, 1.54) is 11.3 Å². The molecule has 108 valence electrons. The number of nitrogen functional groups attached to an aromatic ring is 1. The van der Waals surface area contributed by atoms with Gasteiger partial charge in [0.2, 0.25) is 0 Å². The zero-order chi connectivity index (χ0) is 14.5. The van der Waals surface area contributed by atoms with Gasteiger partial charge in [-0.25, -0.2) is 4.39 Å². The highest BCUT2D eigenvalue weighted by Gasteiger charge is 2.52. The van der Waals surface area contributed by atoms with Crippen LogP contribution in [0.3, 0.4) is 0 Å². The normalized spacial score (nSPS) is 33.9. The molecule has 0 bridgehead atoms. The van der Waals surface area contributed by atoms with Gasteiger partial charge in [0.05, 0.1) is 21.8 Å². The Morgan fingerprint density at radius 1 is 1.65 bits per heavy atom. The van der Waals surface area contributed by atoms with Gasteiger partial charge in [-0.3, -0.25) is 4.98 Å². The molecule has 1 aliphatic heterocycles. The highest BCUT2D eigenvalue weighted by molar-refractivity contribution is 7.18. The second-order valence-electron chi connectivity index (χ2n) is 5.14. The summed E-state index contributed by atoms with van der Waals surface area (Å²) in [7, 11) is 0. The van der Waals surface area contributed by atoms with Crippen LogP contribution in [0.2, 0.25) is 0 Å². The first-order valence-electron chi connectivity index (χ1n) is 6.15. The van der Waals surface area contributed by atoms with Gasteiger partial charge in [-0.05, 0) is 18.4 Å². The van der Waals surface area contributed by atoms with E-state index in [0.717, 1.165) is 4.70 Å². The number of thiophene rings is 1. The summed E-state index contributed by atoms with van der Waals surface area (Å²) in [5.74, 6) is 0.0166. The molecule has 2 aromatic heterocycles. The third kappa shape index (κ3) is 1.90. The predicted molar refractivity (Wildman–Crippen MR) is 77.9 cm³/mol. The van der Waals surface area contributed by atoms with E-state index in [9.17, 15) is 9.50 Å². The first kappa shape index (κ1) is 14.0. The summed E-state index contributed by atoms with van der Waals surface area (Å²) in [5, 5.41) is 11.8. The van der Waals surface area contributed by atoms with Gasteiger partial charge in [0.25, 0.3) is 0 Å². The molecule has 3 heterocycles. The standard InChI is InChI=1S/C13H14ClFN2O2S/c1-13(5-14)12(18)8(15)10(19-13)6-4-20-11-7(16)2-3-17-9(6)11/h2-4,8,10,12,18H,5H2,1H3,(H2,16,17)/t8-,10-,12-,13-/m0/s1. The maximum Gasteiger partial charge on any atom is 0.159 e. The lowest BCUT2D eigenvalue weighted by molar-refractivity contribution is -0.0540. The molecule has 20 heavy (non-hydrogen) atoms. The van der Waals surface area contributed by atoms with Crippen molar-refractivity contribution in [3.8, 4) is 0 Å². The summed E-state index contributed by atoms with van der Waals surface area (Å²) >= 11 is 7.18. The average Bonchev–Trinajstić information content (AvgIpc) is 2.96. The van der Waals surface area contributed by atoms with E-state index in [1.807, 2.05) is 0 Å². The average molecular weight is 317 g/mol. The number of pyridine rings is 1. The zero-order valence-electron chi connectivity index (χ0n) is 10.7. The largest absolute Gasteiger partial charge is 0.397 e. The van der Waals surface area contributed by atoms with Crippen molar-refractivity contribution in [3.63, 3.8) is 0 Å². The minimum atomic E-state index is -1.54. The molecule has 0 spiro atoms. The quantitative estimate of drug-likeness (QED) is 0.836. The number of nitrogens with zero attached hydrogens (tertiary/aromatic N) is 1. The number of aliphatic hydroxyl groups excluding tert-OH is 1. The molecular formula is C13H14ClFN2O2S. The lowest BCUT2D eigenvalue weighted by Gasteiger charge is -2.24. The Balaban J connectivity index is 2.06. The van der Waals surface area contributed by atoms with Crippen molar-refractivity contribution in [2.75, 3.05) is 11.6 Å². The molecule has 1 saturated heterocycles. The molecule has 7 heteroatoms. The van der Waals surface area contributed by atoms with Crippen molar-refractivity contribution < 1.29 is 14.2 Å². The van der Waals surface area contributed by atoms with E-state index in [0.29, 0.717) is 16.8 Å². The minimum absolute atomic E-state index is 0.0166. The second-order valence-corrected chi connectivity index (χ2v) is 6.29. The molecule has 0 aromatic carbocycles. The van der Waals surface area contributed by atoms with Crippen LogP contribution in [0.4, 0.5) is 10.1 Å². The summed E-state index contributed by atoms with van der Waals surface area (Å²) in [6, 6.07) is 1.70. The molecule has 1 fully saturated rings. The van der Waals surface area contributed by atoms with E-state index in [1.54, 1.807) is 24.6 Å². The minimum Gasteiger partial charge on any atom is -0.397 e. The van der Waals surface area contributed by atoms with Gasteiger partial charge in [0.15, 0.2) is 6.17 Å². The van der Waals surface area contributed by atoms with Gasteiger partial charge in [0.1, 0.15) is 17.8 Å². The third-order valence-corrected chi connectivity index (χ3v) is 5.26. The fourth-order valence-corrected chi connectivity index (χ4v) is 3.64. The maximum absolute atomic E-state index is 14.4. The van der Waals surface area contributed by atoms with Crippen molar-refractivity contribution >= 4 is 38.8 Å². The Labute approximate surface area is 124 Å². The highest BCUT2D eigenvalue weighted by Crippen LogP contribution is 2.45. The van der Waals surface area contributed by atoms with Crippen LogP contribution in [-0.4, -0.2) is 33.8 Å². The summed E-state index contributed by atoms with van der Waals surface area (Å²) < 4.78 is 20.8. The van der Waals surface area contributed by atoms with Gasteiger partial charge in [-0.1, -0.05) is 0 Å². The summed E-state index contributed by atoms with van der Waals surface area (Å²) in [6.07, 6.45) is -2.11. The van der Waals surface area contributed by atoms with Crippen LogP contribution in [0.25, 0.3) is 10.2 Å². The zero-order valence-corrected chi connectivity index (χ0v) is 12.3. The van der Waals surface area contributed by atoms with E-state index in [-0.39, 0.29) is 5.88 Å². The Morgan fingerprint density at radius 2 is 2.40 bits per heavy atom. The first-order chi connectivity index (χ1) is 9.48. The number of hydrogen-bond donors (Lipinski definition) is 2. The molecular weight excluding hydrogens is 303 g/mol. The fraction of sp³-hybridized carbons (Fsp3) is 0.462. The second kappa shape index (κ2) is 4.80. The monoisotopic (exact) mass is 316 g/mol. The van der Waals surface area contributed by atoms with Crippen molar-refractivity contribution in [1.29, 1.82) is 0 Å². The Morgan fingerprint density at radius 3 is 3.05 bits per heavy atom. The van der Waals surface area contributed by atoms with Crippen LogP contribution >= 0.6 is 22.9 Å². The Hall–Kier alpha value is -0.950. The molecule has 3 rings (SSSR count). The smallest absolute Gasteiger partial charge is 0.159 e. The van der Waals surface area contributed by atoms with Crippen molar-refractivity contribution in [1.82, 2.24) is 4.98 Å². The number of aromatic nitrogens is 1. The molecule has 0 unspecified atom stereocenters. The Kier molecular flexibility index (Phi) is 3.36. The molecule has 0 aliphatic carbocycles. The molecule has 1 aliphatic rings. The number of ether oxygens (including phenoxy) is 1. The van der Waals surface area contributed by atoms with Gasteiger partial charge in [-0.2, -0.15) is 0 Å². The van der Waals surface area contributed by atoms with E-state index in [4.69, 9.17) is 22.1 Å². The third-order valence-electron chi connectivity index (χ3n) is 3.70. The molecule has 4 atom stereocenters. The van der Waals surface area contributed by atoms with Crippen LogP contribution in [0, 0.1) is 0 Å². The summed E-state index contributed by atoms with van der Waals surface area (Å²) in [4.78, 5) is 4.25. The van der Waals surface area contributed by atoms with Gasteiger partial charge < -0.3 is 15.6 Å². The van der Waals surface area contributed by atoms with E-state index in [2.05, 4.69) is 4.98 Å². The predicted octanol–water partition coefficient (Wildman–Crippen LogP) is 2.65. The number of alkyl halides is 2. The fourth-order valence-electron chi connectivity index (χ4n) is 2.45. The first-order valence-corrected chi connectivity index (χ1v) is 7.57. The van der Waals surface area contributed by atoms with Gasteiger partial charge in [0, 0.05) is 11.8 Å². The number of halogens is 2. The van der Waals surface area contributed by atoms with Crippen LogP contribution in [0.5, 0.6) is 0 Å². The highest BCUT2D eigenvalue weighted by atomic mass is 35.5. The van der Waals surface area contributed by atoms with Crippen LogP contribution < -0.4 is 5.73 Å². The SMILES string of the molecule is C[C@@]1(CCl)O[C@@H](c2csc3c(N)ccnc23)[C@H](F)[C@@H]1O. The van der Waals surface area contributed by atoms with E-state index >= 15 is 0 Å². The molecule has 4 nitrogen and oxygen atoms in total. The number of aliphatic hydroxyl groups is 1. The summed E-state index contributed by atoms with van der Waals surface area (Å²) in [6.45, 7) is 1.60. The topological polar surface area (TPSA) is 68.4 Å². The van der Waals surface area contributed by atoms with Crippen LogP contribution in [0.15, 0.2) is 17.6 Å². The number of nitrogens with two attached hydrogens (primary N) is 1. The molecule has 3 N–H and O–H groups in total. The van der Waals surface area contributed by atoms with Gasteiger partial charge in [-0.15, -0.1) is 22.9 Å². The van der Waals surface area contributed by atoms with Crippen LogP contribution in [0.1, 0.15) is 18.6 Å². The molecule has 0 saturated carbocycles. The Bertz CT molecular complexity index is 652. The maximum atomic E-state index is 14.4. The summed E-state index contributed by atoms with van der Waals surface area (Å²) in [5.41, 5.74) is 6.60. The lowest BCUT2D eigenvalue weighted by atomic mass is 9.98. The number of anilines is 1. The van der Waals surface area contributed by atoms with E-state index < -0.39 is 24.0 Å². The van der Waals surface area contributed by atoms with Gasteiger partial charge >= 0.3 is 0 Å². The van der Waals surface area contributed by atoms with Crippen LogP contribution in [-0.2, 0) is 4.74 Å². The molecule has 0 amide bonds. The molecule has 0 radical (unpaired) electrons. The number of hydrogen-bond acceptors (Lipinski definition) is 5. The van der Waals surface area contributed by atoms with Crippen molar-refractivity contribution in [2.45, 2.75) is 30.9 Å².